The number of benzene rings is 2. The minimum absolute atomic E-state index is 0. The number of nitrogens with zero attached hydrogens (tertiary/aromatic N) is 2. The molecule has 8 heteroatoms. The number of rotatable bonds is 10. The second-order valence-corrected chi connectivity index (χ2v) is 11.8. The topological polar surface area (TPSA) is 74.7 Å². The number of aromatic nitrogens is 1. The Hall–Kier alpha value is -2.45. The number of carbonyl (C=O) groups excluding carboxylic acids is 1. The molecule has 3 aliphatic rings. The van der Waals surface area contributed by atoms with E-state index in [1.165, 1.54) is 19.0 Å². The third kappa shape index (κ3) is 6.70. The average Bonchev–Trinajstić information content (AvgIpc) is 3.68. The zero-order chi connectivity index (χ0) is 28.5. The standard InChI is InChI=1S/C34H39FN2O4.Na/c1-3-40-32-18-28(29(35)19-36-32)27-12-10-24(16-26(27)20-37-14-4-5-15-37)30-13-11-22-6-9-25(17-31(22)41-30)33(23-7-8-23)21(2)34(38)39;/h6,9-10,12,16-19,21,23,30,33H,3-5,7-8,11,13-15,20H2,1-2H3,(H,38,39);/q;+1/p-1/t21-,30?,33-;/m0./s1. The Kier molecular flexibility index (Phi) is 9.93. The molecular weight excluding hydrogens is 542 g/mol. The summed E-state index contributed by atoms with van der Waals surface area (Å²) < 4.78 is 27.3. The molecule has 0 radical (unpaired) electrons. The van der Waals surface area contributed by atoms with Gasteiger partial charge in [0.2, 0.25) is 5.88 Å². The smallest absolute Gasteiger partial charge is 0.550 e. The van der Waals surface area contributed by atoms with Crippen molar-refractivity contribution in [1.29, 1.82) is 0 Å². The van der Waals surface area contributed by atoms with Crippen molar-refractivity contribution in [3.05, 3.63) is 76.7 Å². The monoisotopic (exact) mass is 580 g/mol. The van der Waals surface area contributed by atoms with Gasteiger partial charge >= 0.3 is 29.6 Å². The molecule has 1 unspecified atom stereocenters. The molecule has 2 aliphatic heterocycles. The maximum Gasteiger partial charge on any atom is 1.00 e. The molecule has 2 fully saturated rings. The summed E-state index contributed by atoms with van der Waals surface area (Å²) in [6, 6.07) is 14.2. The number of fused-ring (bicyclic) bond motifs is 1. The first-order valence-corrected chi connectivity index (χ1v) is 15.1. The van der Waals surface area contributed by atoms with Crippen LogP contribution in [0, 0.1) is 17.7 Å². The molecule has 42 heavy (non-hydrogen) atoms. The van der Waals surface area contributed by atoms with Crippen molar-refractivity contribution in [2.24, 2.45) is 11.8 Å². The van der Waals surface area contributed by atoms with Crippen LogP contribution in [0.25, 0.3) is 11.1 Å². The summed E-state index contributed by atoms with van der Waals surface area (Å²) in [5.74, 6) is -0.326. The fourth-order valence-electron chi connectivity index (χ4n) is 6.64. The van der Waals surface area contributed by atoms with E-state index in [-0.39, 0.29) is 47.4 Å². The Balaban J connectivity index is 0.00000353. The molecule has 0 amide bonds. The molecule has 6 nitrogen and oxygen atoms in total. The number of aryl methyl sites for hydroxylation is 1. The van der Waals surface area contributed by atoms with Crippen LogP contribution in [0.1, 0.15) is 80.2 Å². The normalized spacial score (nSPS) is 19.7. The van der Waals surface area contributed by atoms with Crippen molar-refractivity contribution in [2.75, 3.05) is 19.7 Å². The van der Waals surface area contributed by atoms with Crippen molar-refractivity contribution >= 4 is 5.97 Å². The molecule has 3 aromatic rings. The largest absolute Gasteiger partial charge is 1.00 e. The van der Waals surface area contributed by atoms with Crippen LogP contribution in [-0.4, -0.2) is 35.5 Å². The number of ether oxygens (including phenoxy) is 2. The average molecular weight is 581 g/mol. The van der Waals surface area contributed by atoms with Crippen LogP contribution in [0.2, 0.25) is 0 Å². The Morgan fingerprint density at radius 3 is 2.62 bits per heavy atom. The van der Waals surface area contributed by atoms with Crippen molar-refractivity contribution in [1.82, 2.24) is 9.88 Å². The molecule has 3 heterocycles. The molecule has 1 aromatic heterocycles. The molecule has 1 aliphatic carbocycles. The van der Waals surface area contributed by atoms with Gasteiger partial charge in [0.15, 0.2) is 0 Å². The maximum absolute atomic E-state index is 15.1. The number of carbonyl (C=O) groups is 1. The first kappa shape index (κ1) is 31.0. The Morgan fingerprint density at radius 2 is 1.90 bits per heavy atom. The molecule has 1 saturated heterocycles. The van der Waals surface area contributed by atoms with E-state index in [9.17, 15) is 9.90 Å². The number of aliphatic carboxylic acids is 1. The maximum atomic E-state index is 15.1. The second kappa shape index (κ2) is 13.5. The van der Waals surface area contributed by atoms with E-state index in [2.05, 4.69) is 34.1 Å². The quantitative estimate of drug-likeness (QED) is 0.344. The van der Waals surface area contributed by atoms with Crippen molar-refractivity contribution in [2.45, 2.75) is 70.9 Å². The van der Waals surface area contributed by atoms with Gasteiger partial charge in [-0.15, -0.1) is 0 Å². The SMILES string of the molecule is CCOc1cc(-c2ccc(C3CCc4ccc([C@H](C5CC5)[C@H](C)C(=O)[O-])cc4O3)cc2CN2CCCC2)c(F)cn1.[Na+]. The van der Waals surface area contributed by atoms with Gasteiger partial charge in [0.1, 0.15) is 17.7 Å². The Bertz CT molecular complexity index is 1420. The summed E-state index contributed by atoms with van der Waals surface area (Å²) >= 11 is 0. The minimum atomic E-state index is -0.997. The second-order valence-electron chi connectivity index (χ2n) is 11.8. The predicted octanol–water partition coefficient (Wildman–Crippen LogP) is 2.83. The van der Waals surface area contributed by atoms with E-state index >= 15 is 4.39 Å². The van der Waals surface area contributed by atoms with Crippen LogP contribution in [0.5, 0.6) is 11.6 Å². The van der Waals surface area contributed by atoms with Crippen LogP contribution < -0.4 is 44.1 Å². The molecule has 0 N–H and O–H groups in total. The summed E-state index contributed by atoms with van der Waals surface area (Å²) in [4.78, 5) is 18.3. The van der Waals surface area contributed by atoms with E-state index in [4.69, 9.17) is 9.47 Å². The summed E-state index contributed by atoms with van der Waals surface area (Å²) in [6.07, 6.45) is 7.29. The first-order valence-electron chi connectivity index (χ1n) is 15.1. The zero-order valence-corrected chi connectivity index (χ0v) is 26.9. The number of halogens is 1. The number of likely N-dealkylation sites (tertiary alicyclic amines) is 1. The Morgan fingerprint density at radius 1 is 1.12 bits per heavy atom. The van der Waals surface area contributed by atoms with E-state index in [0.717, 1.165) is 78.9 Å². The zero-order valence-electron chi connectivity index (χ0n) is 24.9. The van der Waals surface area contributed by atoms with Crippen LogP contribution in [-0.2, 0) is 17.8 Å². The van der Waals surface area contributed by atoms with Crippen molar-refractivity contribution in [3.63, 3.8) is 0 Å². The van der Waals surface area contributed by atoms with Gasteiger partial charge in [-0.2, -0.15) is 0 Å². The molecule has 216 valence electrons. The van der Waals surface area contributed by atoms with E-state index in [1.54, 1.807) is 13.0 Å². The predicted molar refractivity (Wildman–Crippen MR) is 153 cm³/mol. The van der Waals surface area contributed by atoms with Crippen LogP contribution in [0.15, 0.2) is 48.7 Å². The van der Waals surface area contributed by atoms with Crippen molar-refractivity contribution < 1.29 is 53.3 Å². The molecule has 0 spiro atoms. The van der Waals surface area contributed by atoms with Gasteiger partial charge in [0.05, 0.1) is 12.8 Å². The third-order valence-electron chi connectivity index (χ3n) is 8.97. The van der Waals surface area contributed by atoms with Gasteiger partial charge in [0.25, 0.3) is 0 Å². The first-order chi connectivity index (χ1) is 19.9. The molecule has 6 rings (SSSR count). The number of carboxylic acids is 1. The van der Waals surface area contributed by atoms with Gasteiger partial charge in [-0.3, -0.25) is 4.90 Å². The Labute approximate surface area is 269 Å². The van der Waals surface area contributed by atoms with E-state index < -0.39 is 11.9 Å². The van der Waals surface area contributed by atoms with Gasteiger partial charge < -0.3 is 19.4 Å². The third-order valence-corrected chi connectivity index (χ3v) is 8.97. The van der Waals surface area contributed by atoms with Crippen LogP contribution in [0.4, 0.5) is 4.39 Å². The summed E-state index contributed by atoms with van der Waals surface area (Å²) in [6.45, 7) is 6.93. The molecular formula is C34H38FN2NaO4. The summed E-state index contributed by atoms with van der Waals surface area (Å²) in [7, 11) is 0. The van der Waals surface area contributed by atoms with Crippen LogP contribution in [0.3, 0.4) is 0 Å². The van der Waals surface area contributed by atoms with Gasteiger partial charge in [-0.05, 0) is 104 Å². The number of pyridine rings is 1. The van der Waals surface area contributed by atoms with Crippen molar-refractivity contribution in [3.8, 4) is 22.8 Å². The molecule has 3 atom stereocenters. The van der Waals surface area contributed by atoms with E-state index in [1.807, 2.05) is 19.1 Å². The van der Waals surface area contributed by atoms with E-state index in [0.29, 0.717) is 24.0 Å². The fraction of sp³-hybridized carbons (Fsp3) is 0.471. The van der Waals surface area contributed by atoms with Gasteiger partial charge in [-0.25, -0.2) is 9.37 Å². The fourth-order valence-corrected chi connectivity index (χ4v) is 6.64. The van der Waals surface area contributed by atoms with Crippen LogP contribution >= 0.6 is 0 Å². The number of hydrogen-bond acceptors (Lipinski definition) is 6. The molecule has 2 aromatic carbocycles. The minimum Gasteiger partial charge on any atom is -0.550 e. The number of hydrogen-bond donors (Lipinski definition) is 0. The number of carboxylic acid groups (broad SMARTS) is 1. The molecule has 1 saturated carbocycles. The summed E-state index contributed by atoms with van der Waals surface area (Å²) in [5.41, 5.74) is 5.65. The van der Waals surface area contributed by atoms with Gasteiger partial charge in [0, 0.05) is 30.1 Å². The summed E-state index contributed by atoms with van der Waals surface area (Å²) in [5, 5.41) is 11.8. The van der Waals surface area contributed by atoms with Gasteiger partial charge in [-0.1, -0.05) is 37.3 Å². The molecule has 0 bridgehead atoms.